The third-order valence-electron chi connectivity index (χ3n) is 9.36. The molecule has 0 fully saturated rings. The molecule has 2 heterocycles. The Hall–Kier alpha value is -5.45. The highest BCUT2D eigenvalue weighted by Crippen LogP contribution is 2.54. The van der Waals surface area contributed by atoms with Crippen LogP contribution in [0.15, 0.2) is 140 Å². The van der Waals surface area contributed by atoms with Gasteiger partial charge in [0, 0.05) is 47.8 Å². The third-order valence-corrected chi connectivity index (χ3v) is 10.6. The fraction of sp³-hybridized carbons (Fsp3) is 0.0714. The number of nitrogens with zero attached hydrogens (tertiary/aromatic N) is 3. The molecule has 0 spiro atoms. The maximum Gasteiger partial charge on any atom is 0.164 e. The lowest BCUT2D eigenvalue weighted by Crippen LogP contribution is -2.14. The lowest BCUT2D eigenvalue weighted by atomic mass is 9.82. The van der Waals surface area contributed by atoms with Crippen LogP contribution in [0.4, 0.5) is 0 Å². The first kappa shape index (κ1) is 26.9. The van der Waals surface area contributed by atoms with E-state index in [-0.39, 0.29) is 5.41 Å². The largest absolute Gasteiger partial charge is 0.208 e. The number of rotatable bonds is 4. The summed E-state index contributed by atoms with van der Waals surface area (Å²) in [6.45, 7) is 4.70. The molecule has 2 aromatic heterocycles. The normalized spacial score (nSPS) is 13.2. The number of hydrogen-bond donors (Lipinski definition) is 0. The zero-order valence-electron chi connectivity index (χ0n) is 25.5. The quantitative estimate of drug-likeness (QED) is 0.200. The summed E-state index contributed by atoms with van der Waals surface area (Å²) in [5.74, 6) is 2.00. The number of fused-ring (bicyclic) bond motifs is 7. The molecule has 46 heavy (non-hydrogen) atoms. The zero-order chi connectivity index (χ0) is 30.8. The molecule has 218 valence electrons. The molecule has 0 N–H and O–H groups in total. The van der Waals surface area contributed by atoms with E-state index in [1.54, 1.807) is 0 Å². The maximum absolute atomic E-state index is 4.92. The smallest absolute Gasteiger partial charge is 0.164 e. The van der Waals surface area contributed by atoms with E-state index in [0.29, 0.717) is 17.5 Å². The summed E-state index contributed by atoms with van der Waals surface area (Å²) in [6.07, 6.45) is 0. The predicted octanol–water partition coefficient (Wildman–Crippen LogP) is 11.2. The zero-order valence-corrected chi connectivity index (χ0v) is 26.3. The van der Waals surface area contributed by atoms with E-state index in [1.807, 2.05) is 72.0 Å². The molecule has 0 bridgehead atoms. The SMILES string of the molecule is CC1(C)c2ccccc2-c2c1ccc1c2sc2c(-c3ccc(-c4nc(-c5ccccc5)nc(-c5ccccc5)n4)cc3)cccc21. The molecule has 4 heteroatoms. The van der Waals surface area contributed by atoms with Gasteiger partial charge in [-0.3, -0.25) is 0 Å². The van der Waals surface area contributed by atoms with Crippen LogP contribution in [0.2, 0.25) is 0 Å². The molecule has 0 saturated heterocycles. The summed E-state index contributed by atoms with van der Waals surface area (Å²) < 4.78 is 2.69. The van der Waals surface area contributed by atoms with Gasteiger partial charge in [0.15, 0.2) is 17.5 Å². The topological polar surface area (TPSA) is 38.7 Å². The van der Waals surface area contributed by atoms with Gasteiger partial charge in [-0.15, -0.1) is 11.3 Å². The molecular formula is C42H29N3S. The monoisotopic (exact) mass is 607 g/mol. The number of benzene rings is 6. The molecule has 0 saturated carbocycles. The van der Waals surface area contributed by atoms with E-state index in [2.05, 4.69) is 92.7 Å². The Kier molecular flexibility index (Phi) is 6.02. The van der Waals surface area contributed by atoms with Crippen LogP contribution in [0.3, 0.4) is 0 Å². The van der Waals surface area contributed by atoms with Gasteiger partial charge < -0.3 is 0 Å². The van der Waals surface area contributed by atoms with E-state index in [0.717, 1.165) is 16.7 Å². The standard InChI is InChI=1S/C42H29N3S/c1-42(2)34-19-10-9-16-33(34)36-35(42)25-24-32-31-18-11-17-30(37(31)46-38(32)36)26-20-22-29(23-21-26)41-44-39(27-12-5-3-6-13-27)43-40(45-41)28-14-7-4-8-15-28/h3-25H,1-2H3. The molecule has 0 atom stereocenters. The summed E-state index contributed by atoms with van der Waals surface area (Å²) in [4.78, 5) is 14.7. The molecule has 0 unspecified atom stereocenters. The minimum absolute atomic E-state index is 0.00919. The van der Waals surface area contributed by atoms with Gasteiger partial charge in [-0.25, -0.2) is 15.0 Å². The Labute approximate surface area is 271 Å². The summed E-state index contributed by atoms with van der Waals surface area (Å²) >= 11 is 1.92. The van der Waals surface area contributed by atoms with Gasteiger partial charge in [0.1, 0.15) is 0 Å². The molecule has 0 aliphatic heterocycles. The van der Waals surface area contributed by atoms with Gasteiger partial charge >= 0.3 is 0 Å². The molecular weight excluding hydrogens is 579 g/mol. The van der Waals surface area contributed by atoms with Crippen molar-refractivity contribution in [2.75, 3.05) is 0 Å². The van der Waals surface area contributed by atoms with Gasteiger partial charge in [-0.1, -0.05) is 153 Å². The van der Waals surface area contributed by atoms with E-state index in [4.69, 9.17) is 15.0 Å². The van der Waals surface area contributed by atoms with Crippen LogP contribution >= 0.6 is 11.3 Å². The van der Waals surface area contributed by atoms with E-state index >= 15 is 0 Å². The lowest BCUT2D eigenvalue weighted by molar-refractivity contribution is 0.661. The first-order valence-electron chi connectivity index (χ1n) is 15.6. The minimum Gasteiger partial charge on any atom is -0.208 e. The predicted molar refractivity (Wildman–Crippen MR) is 192 cm³/mol. The van der Waals surface area contributed by atoms with Crippen molar-refractivity contribution >= 4 is 31.5 Å². The van der Waals surface area contributed by atoms with Crippen molar-refractivity contribution in [1.82, 2.24) is 15.0 Å². The highest BCUT2D eigenvalue weighted by molar-refractivity contribution is 7.27. The van der Waals surface area contributed by atoms with Gasteiger partial charge in [0.2, 0.25) is 0 Å². The highest BCUT2D eigenvalue weighted by Gasteiger charge is 2.36. The second kappa shape index (κ2) is 10.3. The molecule has 3 nitrogen and oxygen atoms in total. The first-order chi connectivity index (χ1) is 22.6. The fourth-order valence-corrected chi connectivity index (χ4v) is 8.40. The Morgan fingerprint density at radius 2 is 0.935 bits per heavy atom. The fourth-order valence-electron chi connectivity index (χ4n) is 7.01. The number of aromatic nitrogens is 3. The molecule has 6 aromatic carbocycles. The van der Waals surface area contributed by atoms with Crippen LogP contribution < -0.4 is 0 Å². The Bertz CT molecular complexity index is 2370. The molecule has 1 aliphatic rings. The Morgan fingerprint density at radius 3 is 1.59 bits per heavy atom. The van der Waals surface area contributed by atoms with Crippen LogP contribution in [-0.2, 0) is 5.41 Å². The second-order valence-corrected chi connectivity index (χ2v) is 13.5. The van der Waals surface area contributed by atoms with Crippen molar-refractivity contribution < 1.29 is 0 Å². The van der Waals surface area contributed by atoms with Crippen LogP contribution in [0.1, 0.15) is 25.0 Å². The molecule has 8 aromatic rings. The van der Waals surface area contributed by atoms with E-state index in [9.17, 15) is 0 Å². The minimum atomic E-state index is -0.00919. The molecule has 0 radical (unpaired) electrons. The van der Waals surface area contributed by atoms with Gasteiger partial charge in [0.25, 0.3) is 0 Å². The van der Waals surface area contributed by atoms with Crippen molar-refractivity contribution in [2.24, 2.45) is 0 Å². The van der Waals surface area contributed by atoms with Crippen LogP contribution in [0.25, 0.3) is 76.6 Å². The van der Waals surface area contributed by atoms with E-state index in [1.165, 1.54) is 53.6 Å². The van der Waals surface area contributed by atoms with Crippen molar-refractivity contribution in [3.05, 3.63) is 151 Å². The number of thiophene rings is 1. The van der Waals surface area contributed by atoms with Crippen molar-refractivity contribution in [3.8, 4) is 56.4 Å². The van der Waals surface area contributed by atoms with E-state index < -0.39 is 0 Å². The third kappa shape index (κ3) is 4.14. The maximum atomic E-state index is 4.92. The summed E-state index contributed by atoms with van der Waals surface area (Å²) in [7, 11) is 0. The first-order valence-corrected chi connectivity index (χ1v) is 16.4. The average Bonchev–Trinajstić information content (AvgIpc) is 3.61. The second-order valence-electron chi connectivity index (χ2n) is 12.4. The van der Waals surface area contributed by atoms with Crippen LogP contribution in [-0.4, -0.2) is 15.0 Å². The van der Waals surface area contributed by atoms with Crippen LogP contribution in [0, 0.1) is 0 Å². The molecule has 9 rings (SSSR count). The highest BCUT2D eigenvalue weighted by atomic mass is 32.1. The van der Waals surface area contributed by atoms with Crippen molar-refractivity contribution in [3.63, 3.8) is 0 Å². The van der Waals surface area contributed by atoms with Gasteiger partial charge in [-0.05, 0) is 27.8 Å². The van der Waals surface area contributed by atoms with Crippen LogP contribution in [0.5, 0.6) is 0 Å². The lowest BCUT2D eigenvalue weighted by Gasteiger charge is -2.21. The summed E-state index contributed by atoms with van der Waals surface area (Å²) in [5.41, 5.74) is 10.9. The van der Waals surface area contributed by atoms with Crippen molar-refractivity contribution in [1.29, 1.82) is 0 Å². The summed E-state index contributed by atoms with van der Waals surface area (Å²) in [6, 6.07) is 49.2. The Morgan fingerprint density at radius 1 is 0.413 bits per heavy atom. The summed E-state index contributed by atoms with van der Waals surface area (Å²) in [5, 5.41) is 2.64. The average molecular weight is 608 g/mol. The Balaban J connectivity index is 1.16. The number of hydrogen-bond acceptors (Lipinski definition) is 4. The van der Waals surface area contributed by atoms with Gasteiger partial charge in [0.05, 0.1) is 0 Å². The molecule has 1 aliphatic carbocycles. The van der Waals surface area contributed by atoms with Gasteiger partial charge in [-0.2, -0.15) is 0 Å². The molecule has 0 amide bonds. The van der Waals surface area contributed by atoms with Crippen molar-refractivity contribution in [2.45, 2.75) is 19.3 Å².